The van der Waals surface area contributed by atoms with Gasteiger partial charge < -0.3 is 10.8 Å². The van der Waals surface area contributed by atoms with Gasteiger partial charge in [-0.25, -0.2) is 4.39 Å². The number of halogens is 1. The van der Waals surface area contributed by atoms with Crippen molar-refractivity contribution in [1.82, 2.24) is 0 Å². The molecule has 82 valence electrons. The van der Waals surface area contributed by atoms with Gasteiger partial charge in [0.2, 0.25) is 0 Å². The largest absolute Gasteiger partial charge is 0.394 e. The summed E-state index contributed by atoms with van der Waals surface area (Å²) < 4.78 is 12.9. The minimum absolute atomic E-state index is 0.0185. The highest BCUT2D eigenvalue weighted by molar-refractivity contribution is 5.44. The van der Waals surface area contributed by atoms with Crippen LogP contribution in [0.4, 0.5) is 10.1 Å². The number of nitro groups is 1. The first-order chi connectivity index (χ1) is 6.88. The van der Waals surface area contributed by atoms with Gasteiger partial charge in [-0.05, 0) is 19.1 Å². The van der Waals surface area contributed by atoms with E-state index in [9.17, 15) is 14.5 Å². The molecule has 0 spiro atoms. The van der Waals surface area contributed by atoms with Crippen LogP contribution in [0, 0.1) is 15.9 Å². The molecular formula is C9H11FN2O3. The SMILES string of the molecule is CC(N)(CO)c1cc(F)ccc1[N+](=O)[O-]. The van der Waals surface area contributed by atoms with Crippen molar-refractivity contribution in [2.24, 2.45) is 5.73 Å². The van der Waals surface area contributed by atoms with E-state index in [-0.39, 0.29) is 11.3 Å². The molecule has 15 heavy (non-hydrogen) atoms. The summed E-state index contributed by atoms with van der Waals surface area (Å²) >= 11 is 0. The molecule has 0 saturated heterocycles. The average Bonchev–Trinajstić information content (AvgIpc) is 2.17. The third kappa shape index (κ3) is 2.28. The van der Waals surface area contributed by atoms with Crippen LogP contribution in [0.25, 0.3) is 0 Å². The molecule has 3 N–H and O–H groups in total. The van der Waals surface area contributed by atoms with Gasteiger partial charge >= 0.3 is 0 Å². The van der Waals surface area contributed by atoms with Crippen LogP contribution in [-0.2, 0) is 5.54 Å². The molecule has 0 fully saturated rings. The number of benzene rings is 1. The highest BCUT2D eigenvalue weighted by atomic mass is 19.1. The normalized spacial score (nSPS) is 14.7. The van der Waals surface area contributed by atoms with E-state index >= 15 is 0 Å². The highest BCUT2D eigenvalue weighted by Crippen LogP contribution is 2.28. The Hall–Kier alpha value is -1.53. The first kappa shape index (κ1) is 11.5. The van der Waals surface area contributed by atoms with Gasteiger partial charge in [0, 0.05) is 6.07 Å². The zero-order chi connectivity index (χ0) is 11.6. The molecule has 0 aliphatic heterocycles. The van der Waals surface area contributed by atoms with Crippen molar-refractivity contribution in [3.05, 3.63) is 39.7 Å². The van der Waals surface area contributed by atoms with Crippen LogP contribution in [0.3, 0.4) is 0 Å². The van der Waals surface area contributed by atoms with E-state index in [0.29, 0.717) is 0 Å². The van der Waals surface area contributed by atoms with Crippen molar-refractivity contribution < 1.29 is 14.4 Å². The van der Waals surface area contributed by atoms with Gasteiger partial charge in [0.1, 0.15) is 5.82 Å². The lowest BCUT2D eigenvalue weighted by molar-refractivity contribution is -0.386. The molecule has 0 bridgehead atoms. The van der Waals surface area contributed by atoms with Crippen molar-refractivity contribution in [2.75, 3.05) is 6.61 Å². The molecule has 0 aliphatic carbocycles. The quantitative estimate of drug-likeness (QED) is 0.577. The lowest BCUT2D eigenvalue weighted by Gasteiger charge is -2.21. The van der Waals surface area contributed by atoms with Crippen molar-refractivity contribution in [3.8, 4) is 0 Å². The topological polar surface area (TPSA) is 89.4 Å². The molecule has 1 aromatic carbocycles. The summed E-state index contributed by atoms with van der Waals surface area (Å²) in [6, 6.07) is 2.98. The number of nitrogens with zero attached hydrogens (tertiary/aromatic N) is 1. The van der Waals surface area contributed by atoms with E-state index in [1.54, 1.807) is 0 Å². The van der Waals surface area contributed by atoms with Crippen LogP contribution in [0.2, 0.25) is 0 Å². The van der Waals surface area contributed by atoms with E-state index in [1.165, 1.54) is 6.92 Å². The fourth-order valence-corrected chi connectivity index (χ4v) is 1.21. The maximum absolute atomic E-state index is 12.9. The third-order valence-corrected chi connectivity index (χ3v) is 2.10. The third-order valence-electron chi connectivity index (χ3n) is 2.10. The van der Waals surface area contributed by atoms with E-state index in [0.717, 1.165) is 18.2 Å². The molecule has 1 aromatic rings. The summed E-state index contributed by atoms with van der Waals surface area (Å²) in [6.45, 7) is 0.895. The Labute approximate surface area is 85.5 Å². The lowest BCUT2D eigenvalue weighted by Crippen LogP contribution is -2.37. The second-order valence-corrected chi connectivity index (χ2v) is 3.49. The maximum atomic E-state index is 12.9. The van der Waals surface area contributed by atoms with Crippen LogP contribution in [0.1, 0.15) is 12.5 Å². The van der Waals surface area contributed by atoms with Gasteiger partial charge in [0.05, 0.1) is 22.6 Å². The number of nitro benzene ring substituents is 1. The summed E-state index contributed by atoms with van der Waals surface area (Å²) in [5, 5.41) is 19.6. The number of hydrogen-bond donors (Lipinski definition) is 2. The molecule has 0 aliphatic rings. The minimum Gasteiger partial charge on any atom is -0.394 e. The van der Waals surface area contributed by atoms with Crippen molar-refractivity contribution in [3.63, 3.8) is 0 Å². The van der Waals surface area contributed by atoms with E-state index in [2.05, 4.69) is 0 Å². The molecule has 0 radical (unpaired) electrons. The van der Waals surface area contributed by atoms with Crippen molar-refractivity contribution in [2.45, 2.75) is 12.5 Å². The summed E-state index contributed by atoms with van der Waals surface area (Å²) in [5.74, 6) is -0.624. The Morgan fingerprint density at radius 2 is 2.27 bits per heavy atom. The standard InChI is InChI=1S/C9H11FN2O3/c1-9(11,5-13)7-4-6(10)2-3-8(7)12(14)15/h2-4,13H,5,11H2,1H3. The van der Waals surface area contributed by atoms with Gasteiger partial charge in [-0.15, -0.1) is 0 Å². The van der Waals surface area contributed by atoms with Crippen LogP contribution in [-0.4, -0.2) is 16.6 Å². The second-order valence-electron chi connectivity index (χ2n) is 3.49. The second kappa shape index (κ2) is 3.92. The molecule has 0 aromatic heterocycles. The zero-order valence-electron chi connectivity index (χ0n) is 8.11. The van der Waals surface area contributed by atoms with Crippen LogP contribution in [0.15, 0.2) is 18.2 Å². The smallest absolute Gasteiger partial charge is 0.274 e. The summed E-state index contributed by atoms with van der Waals surface area (Å²) in [4.78, 5) is 9.98. The van der Waals surface area contributed by atoms with Gasteiger partial charge in [-0.3, -0.25) is 10.1 Å². The minimum atomic E-state index is -1.33. The van der Waals surface area contributed by atoms with Crippen molar-refractivity contribution >= 4 is 5.69 Å². The Balaban J connectivity index is 3.37. The first-order valence-electron chi connectivity index (χ1n) is 4.22. The number of aliphatic hydroxyl groups excluding tert-OH is 1. The van der Waals surface area contributed by atoms with E-state index in [1.807, 2.05) is 0 Å². The average molecular weight is 214 g/mol. The fourth-order valence-electron chi connectivity index (χ4n) is 1.21. The van der Waals surface area contributed by atoms with Crippen molar-refractivity contribution in [1.29, 1.82) is 0 Å². The Morgan fingerprint density at radius 1 is 1.67 bits per heavy atom. The predicted octanol–water partition coefficient (Wildman–Crippen LogP) is 0.900. The molecule has 1 rings (SSSR count). The molecule has 6 heteroatoms. The Kier molecular flexibility index (Phi) is 3.01. The molecule has 0 saturated carbocycles. The van der Waals surface area contributed by atoms with Gasteiger partial charge in [0.25, 0.3) is 5.69 Å². The molecular weight excluding hydrogens is 203 g/mol. The van der Waals surface area contributed by atoms with Gasteiger partial charge in [0.15, 0.2) is 0 Å². The van der Waals surface area contributed by atoms with Gasteiger partial charge in [-0.2, -0.15) is 0 Å². The summed E-state index contributed by atoms with van der Waals surface area (Å²) in [5.41, 5.74) is 3.98. The first-order valence-corrected chi connectivity index (χ1v) is 4.22. The van der Waals surface area contributed by atoms with Crippen LogP contribution in [0.5, 0.6) is 0 Å². The van der Waals surface area contributed by atoms with Crippen LogP contribution < -0.4 is 5.73 Å². The molecule has 5 nitrogen and oxygen atoms in total. The van der Waals surface area contributed by atoms with Gasteiger partial charge in [-0.1, -0.05) is 0 Å². The fraction of sp³-hybridized carbons (Fsp3) is 0.333. The lowest BCUT2D eigenvalue weighted by atomic mass is 9.92. The number of nitrogens with two attached hydrogens (primary N) is 1. The Morgan fingerprint density at radius 3 is 2.73 bits per heavy atom. The van der Waals surface area contributed by atoms with E-state index in [4.69, 9.17) is 10.8 Å². The molecule has 1 atom stereocenters. The monoisotopic (exact) mass is 214 g/mol. The number of rotatable bonds is 3. The zero-order valence-corrected chi connectivity index (χ0v) is 8.11. The summed E-state index contributed by atoms with van der Waals surface area (Å²) in [7, 11) is 0. The molecule has 0 heterocycles. The summed E-state index contributed by atoms with van der Waals surface area (Å²) in [6.07, 6.45) is 0. The highest BCUT2D eigenvalue weighted by Gasteiger charge is 2.29. The number of aliphatic hydroxyl groups is 1. The Bertz CT molecular complexity index is 393. The van der Waals surface area contributed by atoms with E-state index < -0.39 is 22.9 Å². The molecule has 0 amide bonds. The van der Waals surface area contributed by atoms with Crippen LogP contribution >= 0.6 is 0 Å². The predicted molar refractivity (Wildman–Crippen MR) is 51.7 cm³/mol. The molecule has 1 unspecified atom stereocenters. The number of hydrogen-bond acceptors (Lipinski definition) is 4. The maximum Gasteiger partial charge on any atom is 0.274 e.